The van der Waals surface area contributed by atoms with Gasteiger partial charge in [-0.3, -0.25) is 9.59 Å². The summed E-state index contributed by atoms with van der Waals surface area (Å²) in [6.45, 7) is 7.30. The van der Waals surface area contributed by atoms with Gasteiger partial charge in [-0.05, 0) is 37.8 Å². The largest absolute Gasteiger partial charge is 0.467 e. The monoisotopic (exact) mass is 334 g/mol. The van der Waals surface area contributed by atoms with Crippen molar-refractivity contribution >= 4 is 17.8 Å². The molecular weight excluding hydrogens is 308 g/mol. The molecule has 1 unspecified atom stereocenters. The molecule has 2 atom stereocenters. The van der Waals surface area contributed by atoms with E-state index in [4.69, 9.17) is 0 Å². The lowest BCUT2D eigenvalue weighted by atomic mass is 10.0. The van der Waals surface area contributed by atoms with Gasteiger partial charge < -0.3 is 15.4 Å². The Morgan fingerprint density at radius 2 is 1.71 bits per heavy atom. The predicted octanol–water partition coefficient (Wildman–Crippen LogP) is 1.82. The van der Waals surface area contributed by atoms with Gasteiger partial charge in [-0.1, -0.05) is 32.0 Å². The van der Waals surface area contributed by atoms with Gasteiger partial charge in [0.2, 0.25) is 5.91 Å². The van der Waals surface area contributed by atoms with Gasteiger partial charge >= 0.3 is 5.97 Å². The van der Waals surface area contributed by atoms with E-state index in [0.717, 1.165) is 5.56 Å². The first-order valence-electron chi connectivity index (χ1n) is 8.01. The number of ether oxygens (including phenoxy) is 1. The van der Waals surface area contributed by atoms with Crippen LogP contribution in [-0.2, 0) is 14.3 Å². The number of aryl methyl sites for hydroxylation is 1. The average Bonchev–Trinajstić information content (AvgIpc) is 2.53. The molecule has 0 aliphatic heterocycles. The molecule has 0 radical (unpaired) electrons. The second kappa shape index (κ2) is 9.05. The maximum atomic E-state index is 12.5. The lowest BCUT2D eigenvalue weighted by Gasteiger charge is -2.22. The fraction of sp³-hybridized carbons (Fsp3) is 0.500. The van der Waals surface area contributed by atoms with Crippen molar-refractivity contribution in [1.82, 2.24) is 10.6 Å². The van der Waals surface area contributed by atoms with E-state index < -0.39 is 24.0 Å². The van der Waals surface area contributed by atoms with Gasteiger partial charge in [0.15, 0.2) is 0 Å². The molecule has 0 bridgehead atoms. The minimum atomic E-state index is -0.771. The minimum Gasteiger partial charge on any atom is -0.467 e. The smallest absolute Gasteiger partial charge is 0.328 e. The molecular formula is C18H26N2O4. The van der Waals surface area contributed by atoms with Crippen molar-refractivity contribution < 1.29 is 19.1 Å². The number of carbonyl (C=O) groups is 3. The van der Waals surface area contributed by atoms with Crippen LogP contribution in [-0.4, -0.2) is 37.0 Å². The normalized spacial score (nSPS) is 13.1. The molecule has 0 aliphatic carbocycles. The van der Waals surface area contributed by atoms with Crippen LogP contribution in [0.5, 0.6) is 0 Å². The summed E-state index contributed by atoms with van der Waals surface area (Å²) < 4.78 is 4.60. The summed E-state index contributed by atoms with van der Waals surface area (Å²) >= 11 is 0. The first kappa shape index (κ1) is 19.7. The maximum Gasteiger partial charge on any atom is 0.328 e. The molecule has 0 saturated carbocycles. The number of hydrogen-bond donors (Lipinski definition) is 2. The van der Waals surface area contributed by atoms with Gasteiger partial charge in [0.05, 0.1) is 7.11 Å². The molecule has 0 fully saturated rings. The highest BCUT2D eigenvalue weighted by Crippen LogP contribution is 2.10. The highest BCUT2D eigenvalue weighted by Gasteiger charge is 2.26. The quantitative estimate of drug-likeness (QED) is 0.745. The van der Waals surface area contributed by atoms with Crippen LogP contribution in [0, 0.1) is 12.8 Å². The van der Waals surface area contributed by atoms with Crippen molar-refractivity contribution in [3.8, 4) is 0 Å². The van der Waals surface area contributed by atoms with Crippen LogP contribution < -0.4 is 10.6 Å². The highest BCUT2D eigenvalue weighted by atomic mass is 16.5. The van der Waals surface area contributed by atoms with E-state index in [-0.39, 0.29) is 11.8 Å². The summed E-state index contributed by atoms with van der Waals surface area (Å²) in [7, 11) is 1.26. The Morgan fingerprint density at radius 3 is 2.25 bits per heavy atom. The van der Waals surface area contributed by atoms with E-state index in [1.807, 2.05) is 32.9 Å². The zero-order chi connectivity index (χ0) is 18.3. The van der Waals surface area contributed by atoms with Crippen molar-refractivity contribution in [2.75, 3.05) is 7.11 Å². The van der Waals surface area contributed by atoms with E-state index in [0.29, 0.717) is 12.0 Å². The van der Waals surface area contributed by atoms with E-state index in [1.54, 1.807) is 19.1 Å². The van der Waals surface area contributed by atoms with Gasteiger partial charge in [-0.2, -0.15) is 0 Å². The Hall–Kier alpha value is -2.37. The van der Waals surface area contributed by atoms with Crippen molar-refractivity contribution in [1.29, 1.82) is 0 Å². The third-order valence-corrected chi connectivity index (χ3v) is 3.63. The number of hydrogen-bond acceptors (Lipinski definition) is 4. The van der Waals surface area contributed by atoms with Crippen LogP contribution in [0.1, 0.15) is 43.1 Å². The van der Waals surface area contributed by atoms with Crippen LogP contribution >= 0.6 is 0 Å². The van der Waals surface area contributed by atoms with Crippen molar-refractivity contribution in [3.05, 3.63) is 35.4 Å². The van der Waals surface area contributed by atoms with Crippen LogP contribution in [0.3, 0.4) is 0 Å². The zero-order valence-corrected chi connectivity index (χ0v) is 14.9. The highest BCUT2D eigenvalue weighted by molar-refractivity contribution is 5.99. The number of nitrogens with one attached hydrogen (secondary N) is 2. The van der Waals surface area contributed by atoms with Gasteiger partial charge in [-0.25, -0.2) is 4.79 Å². The first-order chi connectivity index (χ1) is 11.3. The molecule has 1 aromatic carbocycles. The van der Waals surface area contributed by atoms with Gasteiger partial charge in [0.1, 0.15) is 12.1 Å². The molecule has 6 heteroatoms. The molecule has 2 N–H and O–H groups in total. The third-order valence-electron chi connectivity index (χ3n) is 3.63. The van der Waals surface area contributed by atoms with E-state index in [2.05, 4.69) is 15.4 Å². The number of benzene rings is 1. The predicted molar refractivity (Wildman–Crippen MR) is 91.5 cm³/mol. The molecule has 132 valence electrons. The third kappa shape index (κ3) is 5.68. The van der Waals surface area contributed by atoms with Crippen molar-refractivity contribution in [2.45, 2.75) is 46.2 Å². The van der Waals surface area contributed by atoms with Crippen LogP contribution in [0.15, 0.2) is 24.3 Å². The molecule has 0 aliphatic rings. The van der Waals surface area contributed by atoms with Crippen LogP contribution in [0.25, 0.3) is 0 Å². The Morgan fingerprint density at radius 1 is 1.08 bits per heavy atom. The Bertz CT molecular complexity index is 598. The van der Waals surface area contributed by atoms with Crippen LogP contribution in [0.4, 0.5) is 0 Å². The number of methoxy groups -OCH3 is 1. The second-order valence-corrected chi connectivity index (χ2v) is 6.22. The summed E-state index contributed by atoms with van der Waals surface area (Å²) in [5.74, 6) is -1.04. The average molecular weight is 334 g/mol. The molecule has 24 heavy (non-hydrogen) atoms. The Balaban J connectivity index is 2.85. The van der Waals surface area contributed by atoms with Crippen molar-refractivity contribution in [3.63, 3.8) is 0 Å². The summed E-state index contributed by atoms with van der Waals surface area (Å²) in [6.07, 6.45) is 0.470. The summed E-state index contributed by atoms with van der Waals surface area (Å²) in [6, 6.07) is 5.69. The molecule has 1 aromatic rings. The molecule has 6 nitrogen and oxygen atoms in total. The number of carbonyl (C=O) groups excluding carboxylic acids is 3. The van der Waals surface area contributed by atoms with Crippen molar-refractivity contribution in [2.24, 2.45) is 5.92 Å². The fourth-order valence-electron chi connectivity index (χ4n) is 2.32. The molecule has 0 aromatic heterocycles. The molecule has 0 spiro atoms. The topological polar surface area (TPSA) is 84.5 Å². The summed E-state index contributed by atoms with van der Waals surface area (Å²) in [5.41, 5.74) is 1.36. The van der Waals surface area contributed by atoms with E-state index in [9.17, 15) is 14.4 Å². The van der Waals surface area contributed by atoms with E-state index >= 15 is 0 Å². The number of rotatable bonds is 7. The van der Waals surface area contributed by atoms with Gasteiger partial charge in [0, 0.05) is 5.56 Å². The lowest BCUT2D eigenvalue weighted by molar-refractivity contribution is -0.144. The van der Waals surface area contributed by atoms with E-state index in [1.165, 1.54) is 7.11 Å². The Kier molecular flexibility index (Phi) is 7.42. The summed E-state index contributed by atoms with van der Waals surface area (Å²) in [5, 5.41) is 5.34. The molecule has 0 saturated heterocycles. The van der Waals surface area contributed by atoms with Gasteiger partial charge in [0.25, 0.3) is 5.91 Å². The lowest BCUT2D eigenvalue weighted by Crippen LogP contribution is -2.51. The SMILES string of the molecule is COC(=O)[C@H](C)NC(=O)C(CC(C)C)NC(=O)c1ccccc1C. The summed E-state index contributed by atoms with van der Waals surface area (Å²) in [4.78, 5) is 36.3. The van der Waals surface area contributed by atoms with Gasteiger partial charge in [-0.15, -0.1) is 0 Å². The molecule has 2 amide bonds. The second-order valence-electron chi connectivity index (χ2n) is 6.22. The minimum absolute atomic E-state index is 0.200. The molecule has 0 heterocycles. The Labute approximate surface area is 143 Å². The molecule has 1 rings (SSSR count). The standard InChI is InChI=1S/C18H26N2O4/c1-11(2)10-15(17(22)19-13(4)18(23)24-5)20-16(21)14-9-7-6-8-12(14)3/h6-9,11,13,15H,10H2,1-5H3,(H,19,22)(H,20,21)/t13-,15?/m0/s1. The number of amides is 2. The maximum absolute atomic E-state index is 12.5. The number of esters is 1. The zero-order valence-electron chi connectivity index (χ0n) is 14.9. The fourth-order valence-corrected chi connectivity index (χ4v) is 2.32. The first-order valence-corrected chi connectivity index (χ1v) is 8.01. The van der Waals surface area contributed by atoms with Crippen LogP contribution in [0.2, 0.25) is 0 Å².